The number of amides is 1. The monoisotopic (exact) mass is 400 g/mol. The number of ether oxygens (including phenoxy) is 1. The largest absolute Gasteiger partial charge is 0.379 e. The van der Waals surface area contributed by atoms with E-state index in [1.807, 2.05) is 10.8 Å². The Kier molecular flexibility index (Phi) is 13.2. The fourth-order valence-electron chi connectivity index (χ4n) is 2.57. The summed E-state index contributed by atoms with van der Waals surface area (Å²) in [6.07, 6.45) is 6.48. The zero-order valence-electron chi connectivity index (χ0n) is 13.7. The van der Waals surface area contributed by atoms with Crippen molar-refractivity contribution in [3.63, 3.8) is 0 Å². The van der Waals surface area contributed by atoms with Crippen LogP contribution in [0.15, 0.2) is 0 Å². The molecule has 0 unspecified atom stereocenters. The van der Waals surface area contributed by atoms with Crippen LogP contribution < -0.4 is 5.32 Å². The Labute approximate surface area is 158 Å². The molecule has 8 heteroatoms. The van der Waals surface area contributed by atoms with Crippen molar-refractivity contribution in [3.05, 3.63) is 0 Å². The number of hydrogen-bond donors (Lipinski definition) is 1. The molecule has 1 N–H and O–H groups in total. The number of unbranched alkanes of at least 4 members (excludes halogenated alkanes) is 2. The van der Waals surface area contributed by atoms with Crippen LogP contribution in [0.5, 0.6) is 0 Å². The van der Waals surface area contributed by atoms with Gasteiger partial charge in [0.2, 0.25) is 0 Å². The molecule has 0 aromatic carbocycles. The normalized spacial score (nSPS) is 21.8. The van der Waals surface area contributed by atoms with Crippen molar-refractivity contribution in [1.29, 1.82) is 0 Å². The van der Waals surface area contributed by atoms with Crippen molar-refractivity contribution in [1.82, 2.24) is 10.2 Å². The molecule has 4 nitrogen and oxygen atoms in total. The molecule has 0 spiro atoms. The maximum Gasteiger partial charge on any atom is 0.279 e. The molecule has 2 aliphatic heterocycles. The van der Waals surface area contributed by atoms with Crippen LogP contribution in [0.4, 0.5) is 4.79 Å². The lowest BCUT2D eigenvalue weighted by atomic mass is 10.1. The summed E-state index contributed by atoms with van der Waals surface area (Å²) in [5.74, 6) is 2.28. The minimum Gasteiger partial charge on any atom is -0.379 e. The molecule has 136 valence electrons. The van der Waals surface area contributed by atoms with Gasteiger partial charge in [0, 0.05) is 42.9 Å². The fourth-order valence-corrected chi connectivity index (χ4v) is 6.34. The van der Waals surface area contributed by atoms with Gasteiger partial charge in [0.05, 0.1) is 13.2 Å². The van der Waals surface area contributed by atoms with Crippen molar-refractivity contribution < 1.29 is 9.53 Å². The second kappa shape index (κ2) is 14.0. The Bertz CT molecular complexity index is 315. The van der Waals surface area contributed by atoms with E-state index in [1.54, 1.807) is 0 Å². The molecule has 2 heterocycles. The van der Waals surface area contributed by atoms with Crippen molar-refractivity contribution >= 4 is 51.0 Å². The number of halogens is 1. The van der Waals surface area contributed by atoms with Crippen LogP contribution in [0.2, 0.25) is 0 Å². The molecule has 2 saturated heterocycles. The molecule has 0 radical (unpaired) electrons. The van der Waals surface area contributed by atoms with Crippen LogP contribution in [0.3, 0.4) is 0 Å². The third kappa shape index (κ3) is 10.3. The average Bonchev–Trinajstić information content (AvgIpc) is 3.05. The van der Waals surface area contributed by atoms with Crippen LogP contribution in [0.1, 0.15) is 32.1 Å². The first-order valence-electron chi connectivity index (χ1n) is 8.33. The van der Waals surface area contributed by atoms with Gasteiger partial charge in [0.1, 0.15) is 0 Å². The number of nitrogens with one attached hydrogen (secondary N) is 1. The molecule has 2 fully saturated rings. The van der Waals surface area contributed by atoms with E-state index in [-0.39, 0.29) is 17.6 Å². The second-order valence-corrected chi connectivity index (χ2v) is 9.55. The minimum absolute atomic E-state index is 0. The summed E-state index contributed by atoms with van der Waals surface area (Å²) in [7, 11) is 4.09. The number of carbonyl (C=O) groups is 1. The first kappa shape index (κ1) is 21.8. The second-order valence-electron chi connectivity index (χ2n) is 5.69. The molecule has 0 aliphatic carbocycles. The maximum absolute atomic E-state index is 11.7. The van der Waals surface area contributed by atoms with Gasteiger partial charge in [-0.3, -0.25) is 9.69 Å². The summed E-state index contributed by atoms with van der Waals surface area (Å²) in [5.41, 5.74) is 0. The van der Waals surface area contributed by atoms with Crippen molar-refractivity contribution in [2.24, 2.45) is 0 Å². The van der Waals surface area contributed by atoms with Gasteiger partial charge in [-0.15, -0.1) is 12.4 Å². The van der Waals surface area contributed by atoms with E-state index < -0.39 is 0 Å². The van der Waals surface area contributed by atoms with E-state index in [2.05, 4.69) is 21.0 Å². The summed E-state index contributed by atoms with van der Waals surface area (Å²) >= 11 is 1.44. The number of carbonyl (C=O) groups excluding carboxylic acids is 1. The minimum atomic E-state index is 0. The van der Waals surface area contributed by atoms with Gasteiger partial charge in [-0.05, 0) is 19.3 Å². The molecule has 0 aromatic rings. The van der Waals surface area contributed by atoms with Gasteiger partial charge >= 0.3 is 0 Å². The third-order valence-corrected chi connectivity index (χ3v) is 7.84. The number of hydrogen-bond acceptors (Lipinski definition) is 6. The van der Waals surface area contributed by atoms with Crippen molar-refractivity contribution in [2.75, 3.05) is 50.9 Å². The van der Waals surface area contributed by atoms with Gasteiger partial charge in [-0.2, -0.15) is 0 Å². The summed E-state index contributed by atoms with van der Waals surface area (Å²) in [6, 6.07) is 0. The van der Waals surface area contributed by atoms with E-state index in [1.165, 1.54) is 43.2 Å². The Balaban J connectivity index is 0.00000264. The number of thioether (sulfide) groups is 1. The first-order chi connectivity index (χ1) is 10.8. The van der Waals surface area contributed by atoms with Crippen LogP contribution in [-0.2, 0) is 4.74 Å². The van der Waals surface area contributed by atoms with Crippen molar-refractivity contribution in [3.8, 4) is 0 Å². The van der Waals surface area contributed by atoms with Gasteiger partial charge in [-0.25, -0.2) is 0 Å². The quantitative estimate of drug-likeness (QED) is 0.467. The predicted octanol–water partition coefficient (Wildman–Crippen LogP) is 3.90. The highest BCUT2D eigenvalue weighted by atomic mass is 35.5. The molecular weight excluding hydrogens is 372 g/mol. The standard InChI is InChI=1S/C15H28N2O2S3.ClH/c18-15(16-6-7-17-8-10-19-11-9-17)20-12-3-1-2-4-14-5-13-21-22-14;/h14H,1-13H2,(H,16,18);1H/t14-;/m1./s1. The molecule has 0 aromatic heterocycles. The number of nitrogens with zero attached hydrogens (tertiary/aromatic N) is 1. The van der Waals surface area contributed by atoms with E-state index in [9.17, 15) is 4.79 Å². The SMILES string of the molecule is Cl.O=C(NCCN1CCOCC1)SCCCCC[C@@H]1CCSS1. The molecule has 1 atom stereocenters. The van der Waals surface area contributed by atoms with E-state index in [0.29, 0.717) is 0 Å². The Hall–Kier alpha value is 0.730. The highest BCUT2D eigenvalue weighted by Crippen LogP contribution is 2.39. The lowest BCUT2D eigenvalue weighted by Gasteiger charge is -2.26. The van der Waals surface area contributed by atoms with E-state index in [0.717, 1.165) is 56.8 Å². The van der Waals surface area contributed by atoms with Crippen LogP contribution in [0.25, 0.3) is 0 Å². The highest BCUT2D eigenvalue weighted by molar-refractivity contribution is 8.77. The summed E-state index contributed by atoms with van der Waals surface area (Å²) in [4.78, 5) is 14.1. The van der Waals surface area contributed by atoms with Crippen molar-refractivity contribution in [2.45, 2.75) is 37.4 Å². The van der Waals surface area contributed by atoms with E-state index in [4.69, 9.17) is 4.74 Å². The first-order valence-corrected chi connectivity index (χ1v) is 11.7. The van der Waals surface area contributed by atoms with Crippen LogP contribution in [0, 0.1) is 0 Å². The molecule has 2 rings (SSSR count). The summed E-state index contributed by atoms with van der Waals surface area (Å²) < 4.78 is 5.31. The lowest BCUT2D eigenvalue weighted by molar-refractivity contribution is 0.0388. The van der Waals surface area contributed by atoms with Gasteiger partial charge in [0.15, 0.2) is 0 Å². The highest BCUT2D eigenvalue weighted by Gasteiger charge is 2.15. The summed E-state index contributed by atoms with van der Waals surface area (Å²) in [6.45, 7) is 5.30. The zero-order chi connectivity index (χ0) is 15.5. The topological polar surface area (TPSA) is 41.6 Å². The third-order valence-electron chi connectivity index (χ3n) is 3.93. The fraction of sp³-hybridized carbons (Fsp3) is 0.933. The van der Waals surface area contributed by atoms with Gasteiger partial charge in [-0.1, -0.05) is 46.2 Å². The molecular formula is C15H29ClN2O2S3. The van der Waals surface area contributed by atoms with Gasteiger partial charge < -0.3 is 10.1 Å². The zero-order valence-corrected chi connectivity index (χ0v) is 16.9. The summed E-state index contributed by atoms with van der Waals surface area (Å²) in [5, 5.41) is 4.03. The predicted molar refractivity (Wildman–Crippen MR) is 107 cm³/mol. The molecule has 1 amide bonds. The number of morpholine rings is 1. The Morgan fingerprint density at radius 3 is 2.83 bits per heavy atom. The molecule has 23 heavy (non-hydrogen) atoms. The van der Waals surface area contributed by atoms with Crippen LogP contribution >= 0.6 is 45.8 Å². The molecule has 2 aliphatic rings. The van der Waals surface area contributed by atoms with Crippen LogP contribution in [-0.4, -0.2) is 66.3 Å². The average molecular weight is 401 g/mol. The van der Waals surface area contributed by atoms with E-state index >= 15 is 0 Å². The number of rotatable bonds is 9. The van der Waals surface area contributed by atoms with Gasteiger partial charge in [0.25, 0.3) is 5.24 Å². The Morgan fingerprint density at radius 2 is 2.09 bits per heavy atom. The molecule has 0 saturated carbocycles. The smallest absolute Gasteiger partial charge is 0.279 e. The lowest BCUT2D eigenvalue weighted by Crippen LogP contribution is -2.40. The Morgan fingerprint density at radius 1 is 1.26 bits per heavy atom. The maximum atomic E-state index is 11.7. The molecule has 0 bridgehead atoms.